The Morgan fingerprint density at radius 2 is 2.20 bits per heavy atom. The first-order valence-electron chi connectivity index (χ1n) is 4.47. The van der Waals surface area contributed by atoms with Gasteiger partial charge in [-0.2, -0.15) is 5.10 Å². The van der Waals surface area contributed by atoms with Crippen LogP contribution in [0.5, 0.6) is 0 Å². The van der Waals surface area contributed by atoms with Crippen molar-refractivity contribution in [3.63, 3.8) is 0 Å². The van der Waals surface area contributed by atoms with E-state index >= 15 is 0 Å². The molecule has 74 valence electrons. The van der Waals surface area contributed by atoms with Crippen LogP contribution in [0.15, 0.2) is 35.1 Å². The van der Waals surface area contributed by atoms with Crippen molar-refractivity contribution < 1.29 is 0 Å². The van der Waals surface area contributed by atoms with E-state index in [0.717, 1.165) is 26.9 Å². The number of H-pyrrole nitrogens is 2. The van der Waals surface area contributed by atoms with Gasteiger partial charge in [0.15, 0.2) is 0 Å². The molecule has 0 amide bonds. The lowest BCUT2D eigenvalue weighted by atomic mass is 10.3. The molecule has 0 aliphatic carbocycles. The normalized spacial score (nSPS) is 11.0. The summed E-state index contributed by atoms with van der Waals surface area (Å²) < 4.78 is 1.04. The number of hydrogen-bond acceptors (Lipinski definition) is 2. The zero-order valence-corrected chi connectivity index (χ0v) is 9.25. The molecule has 3 aromatic rings. The molecule has 2 aromatic heterocycles. The minimum Gasteiger partial charge on any atom is -0.338 e. The maximum absolute atomic E-state index is 4.46. The van der Waals surface area contributed by atoms with Gasteiger partial charge in [-0.3, -0.25) is 5.10 Å². The van der Waals surface area contributed by atoms with E-state index in [4.69, 9.17) is 0 Å². The third kappa shape index (κ3) is 1.45. The van der Waals surface area contributed by atoms with Gasteiger partial charge < -0.3 is 4.98 Å². The molecule has 0 fully saturated rings. The first kappa shape index (κ1) is 8.67. The molecule has 0 saturated carbocycles. The second-order valence-electron chi connectivity index (χ2n) is 3.23. The molecule has 0 unspecified atom stereocenters. The van der Waals surface area contributed by atoms with Crippen molar-refractivity contribution in [2.75, 3.05) is 0 Å². The highest BCUT2D eigenvalue weighted by Crippen LogP contribution is 2.22. The fourth-order valence-electron chi connectivity index (χ4n) is 1.50. The standard InChI is InChI=1S/C10H7BrN4/c11-7-1-2-8-9(3-7)15-10(14-8)6-4-12-13-5-6/h1-5H,(H,12,13)(H,14,15). The van der Waals surface area contributed by atoms with Crippen LogP contribution >= 0.6 is 15.9 Å². The third-order valence-electron chi connectivity index (χ3n) is 2.22. The van der Waals surface area contributed by atoms with Crippen LogP contribution in [0, 0.1) is 0 Å². The van der Waals surface area contributed by atoms with Crippen molar-refractivity contribution in [3.8, 4) is 11.4 Å². The van der Waals surface area contributed by atoms with Crippen LogP contribution in [-0.4, -0.2) is 20.2 Å². The first-order chi connectivity index (χ1) is 7.33. The molecule has 2 N–H and O–H groups in total. The highest BCUT2D eigenvalue weighted by molar-refractivity contribution is 9.10. The minimum absolute atomic E-state index is 0.830. The molecule has 5 heteroatoms. The Bertz CT molecular complexity index is 597. The van der Waals surface area contributed by atoms with E-state index in [2.05, 4.69) is 36.1 Å². The van der Waals surface area contributed by atoms with E-state index in [0.29, 0.717) is 0 Å². The molecular formula is C10H7BrN4. The Morgan fingerprint density at radius 1 is 1.27 bits per heavy atom. The summed E-state index contributed by atoms with van der Waals surface area (Å²) >= 11 is 3.42. The molecule has 0 aliphatic heterocycles. The van der Waals surface area contributed by atoms with E-state index in [-0.39, 0.29) is 0 Å². The summed E-state index contributed by atoms with van der Waals surface area (Å²) in [5, 5.41) is 6.66. The van der Waals surface area contributed by atoms with Gasteiger partial charge in [-0.1, -0.05) is 15.9 Å². The van der Waals surface area contributed by atoms with Crippen LogP contribution in [0.2, 0.25) is 0 Å². The summed E-state index contributed by atoms with van der Waals surface area (Å²) in [4.78, 5) is 7.70. The average molecular weight is 263 g/mol. The number of nitrogens with one attached hydrogen (secondary N) is 2. The summed E-state index contributed by atoms with van der Waals surface area (Å²) in [6.07, 6.45) is 3.56. The van der Waals surface area contributed by atoms with Crippen molar-refractivity contribution in [2.24, 2.45) is 0 Å². The highest BCUT2D eigenvalue weighted by Gasteiger charge is 2.05. The predicted molar refractivity (Wildman–Crippen MR) is 61.4 cm³/mol. The molecule has 0 bridgehead atoms. The number of halogens is 1. The van der Waals surface area contributed by atoms with Crippen LogP contribution in [0.1, 0.15) is 0 Å². The Morgan fingerprint density at radius 3 is 3.00 bits per heavy atom. The largest absolute Gasteiger partial charge is 0.338 e. The Balaban J connectivity index is 2.22. The van der Waals surface area contributed by atoms with Crippen LogP contribution in [0.25, 0.3) is 22.4 Å². The van der Waals surface area contributed by atoms with E-state index < -0.39 is 0 Å². The Labute approximate surface area is 93.9 Å². The number of aromatic nitrogens is 4. The molecule has 15 heavy (non-hydrogen) atoms. The number of fused-ring (bicyclic) bond motifs is 1. The molecule has 0 saturated heterocycles. The monoisotopic (exact) mass is 262 g/mol. The average Bonchev–Trinajstić information content (AvgIpc) is 2.84. The quantitative estimate of drug-likeness (QED) is 0.709. The molecule has 0 atom stereocenters. The van der Waals surface area contributed by atoms with Crippen molar-refractivity contribution in [3.05, 3.63) is 35.1 Å². The minimum atomic E-state index is 0.830. The smallest absolute Gasteiger partial charge is 0.141 e. The van der Waals surface area contributed by atoms with E-state index in [1.165, 1.54) is 0 Å². The van der Waals surface area contributed by atoms with Gasteiger partial charge in [-0.25, -0.2) is 4.98 Å². The topological polar surface area (TPSA) is 57.4 Å². The number of aromatic amines is 2. The molecule has 0 radical (unpaired) electrons. The molecule has 1 aromatic carbocycles. The maximum Gasteiger partial charge on any atom is 0.141 e. The van der Waals surface area contributed by atoms with Crippen molar-refractivity contribution in [2.45, 2.75) is 0 Å². The zero-order chi connectivity index (χ0) is 10.3. The lowest BCUT2D eigenvalue weighted by Crippen LogP contribution is -1.74. The first-order valence-corrected chi connectivity index (χ1v) is 5.27. The summed E-state index contributed by atoms with van der Waals surface area (Å²) in [7, 11) is 0. The van der Waals surface area contributed by atoms with Crippen LogP contribution in [-0.2, 0) is 0 Å². The van der Waals surface area contributed by atoms with Gasteiger partial charge in [0.2, 0.25) is 0 Å². The number of nitrogens with zero attached hydrogens (tertiary/aromatic N) is 2. The third-order valence-corrected chi connectivity index (χ3v) is 2.71. The fourth-order valence-corrected chi connectivity index (χ4v) is 1.86. The molecule has 0 aliphatic rings. The molecule has 0 spiro atoms. The summed E-state index contributed by atoms with van der Waals surface area (Å²) in [6, 6.07) is 5.95. The zero-order valence-electron chi connectivity index (χ0n) is 7.66. The molecule has 4 nitrogen and oxygen atoms in total. The van der Waals surface area contributed by atoms with Gasteiger partial charge in [0.1, 0.15) is 5.82 Å². The number of imidazole rings is 1. The Kier molecular flexibility index (Phi) is 1.85. The van der Waals surface area contributed by atoms with Crippen molar-refractivity contribution in [1.82, 2.24) is 20.2 Å². The van der Waals surface area contributed by atoms with Crippen LogP contribution < -0.4 is 0 Å². The number of hydrogen-bond donors (Lipinski definition) is 2. The van der Waals surface area contributed by atoms with Gasteiger partial charge in [-0.15, -0.1) is 0 Å². The number of benzene rings is 1. The fraction of sp³-hybridized carbons (Fsp3) is 0. The van der Waals surface area contributed by atoms with Gasteiger partial charge >= 0.3 is 0 Å². The Hall–Kier alpha value is -1.62. The molecule has 2 heterocycles. The van der Waals surface area contributed by atoms with Gasteiger partial charge in [-0.05, 0) is 18.2 Å². The van der Waals surface area contributed by atoms with E-state index in [1.807, 2.05) is 24.4 Å². The maximum atomic E-state index is 4.46. The van der Waals surface area contributed by atoms with Crippen molar-refractivity contribution in [1.29, 1.82) is 0 Å². The predicted octanol–water partition coefficient (Wildman–Crippen LogP) is 2.72. The van der Waals surface area contributed by atoms with E-state index in [9.17, 15) is 0 Å². The summed E-state index contributed by atoms with van der Waals surface area (Å²) in [6.45, 7) is 0. The molecular weight excluding hydrogens is 256 g/mol. The summed E-state index contributed by atoms with van der Waals surface area (Å²) in [5.41, 5.74) is 2.93. The molecule has 3 rings (SSSR count). The second kappa shape index (κ2) is 3.20. The highest BCUT2D eigenvalue weighted by atomic mass is 79.9. The van der Waals surface area contributed by atoms with Crippen molar-refractivity contribution >= 4 is 27.0 Å². The second-order valence-corrected chi connectivity index (χ2v) is 4.15. The lowest BCUT2D eigenvalue weighted by Gasteiger charge is -1.87. The summed E-state index contributed by atoms with van der Waals surface area (Å²) in [5.74, 6) is 0.830. The van der Waals surface area contributed by atoms with Gasteiger partial charge in [0.25, 0.3) is 0 Å². The number of rotatable bonds is 1. The SMILES string of the molecule is Brc1ccc2nc(-c3cn[nH]c3)[nH]c2c1. The van der Waals surface area contributed by atoms with Gasteiger partial charge in [0.05, 0.1) is 22.8 Å². The van der Waals surface area contributed by atoms with E-state index in [1.54, 1.807) is 6.20 Å². The van der Waals surface area contributed by atoms with Gasteiger partial charge in [0, 0.05) is 10.7 Å². The van der Waals surface area contributed by atoms with Crippen LogP contribution in [0.3, 0.4) is 0 Å². The van der Waals surface area contributed by atoms with Crippen LogP contribution in [0.4, 0.5) is 0 Å². The lowest BCUT2D eigenvalue weighted by molar-refractivity contribution is 1.09.